The molecule has 0 radical (unpaired) electrons. The smallest absolute Gasteiger partial charge is 0.322 e. The third-order valence-electron chi connectivity index (χ3n) is 5.32. The molecule has 2 N–H and O–H groups in total. The maximum absolute atomic E-state index is 13.2. The van der Waals surface area contributed by atoms with Crippen LogP contribution in [0.3, 0.4) is 0 Å². The topological polar surface area (TPSA) is 61.0 Å². The number of anilines is 1. The third kappa shape index (κ3) is 2.81. The first-order valence-electron chi connectivity index (χ1n) is 9.43. The van der Waals surface area contributed by atoms with Crippen LogP contribution in [0.5, 0.6) is 0 Å². The number of rotatable bonds is 2. The van der Waals surface area contributed by atoms with Crippen LogP contribution in [0.2, 0.25) is 0 Å². The molecule has 0 aliphatic carbocycles. The van der Waals surface area contributed by atoms with Crippen LogP contribution < -0.4 is 5.32 Å². The monoisotopic (exact) mass is 368 g/mol. The van der Waals surface area contributed by atoms with Crippen molar-refractivity contribution in [2.45, 2.75) is 12.5 Å². The molecule has 2 amide bonds. The number of carbonyl (C=O) groups excluding carboxylic acids is 1. The zero-order valence-corrected chi connectivity index (χ0v) is 15.3. The number of nitrogens with zero attached hydrogens (tertiary/aromatic N) is 2. The summed E-state index contributed by atoms with van der Waals surface area (Å²) >= 11 is 0. The van der Waals surface area contributed by atoms with Gasteiger partial charge in [0.25, 0.3) is 0 Å². The molecule has 28 heavy (non-hydrogen) atoms. The Morgan fingerprint density at radius 2 is 1.86 bits per heavy atom. The highest BCUT2D eigenvalue weighted by Crippen LogP contribution is 2.38. The number of nitrogens with one attached hydrogen (secondary N) is 2. The van der Waals surface area contributed by atoms with Gasteiger partial charge in [-0.2, -0.15) is 0 Å². The number of pyridine rings is 1. The fourth-order valence-electron chi connectivity index (χ4n) is 4.06. The lowest BCUT2D eigenvalue weighted by Crippen LogP contribution is -2.43. The Hall–Kier alpha value is -3.60. The first-order chi connectivity index (χ1) is 13.8. The van der Waals surface area contributed by atoms with Gasteiger partial charge in [-0.05, 0) is 41.8 Å². The van der Waals surface area contributed by atoms with Gasteiger partial charge in [0.1, 0.15) is 6.04 Å². The molecule has 0 bridgehead atoms. The van der Waals surface area contributed by atoms with Crippen LogP contribution in [0.4, 0.5) is 10.5 Å². The van der Waals surface area contributed by atoms with Crippen molar-refractivity contribution in [1.82, 2.24) is 14.9 Å². The highest BCUT2D eigenvalue weighted by Gasteiger charge is 2.34. The Labute approximate surface area is 163 Å². The summed E-state index contributed by atoms with van der Waals surface area (Å²) in [4.78, 5) is 22.9. The largest absolute Gasteiger partial charge is 0.356 e. The number of urea groups is 1. The lowest BCUT2D eigenvalue weighted by Gasteiger charge is -2.36. The van der Waals surface area contributed by atoms with Gasteiger partial charge in [-0.3, -0.25) is 4.98 Å². The highest BCUT2D eigenvalue weighted by atomic mass is 16.2. The number of para-hydroxylation sites is 2. The third-order valence-corrected chi connectivity index (χ3v) is 5.32. The van der Waals surface area contributed by atoms with Crippen molar-refractivity contribution in [3.63, 3.8) is 0 Å². The molecule has 2 aromatic heterocycles. The van der Waals surface area contributed by atoms with Crippen molar-refractivity contribution >= 4 is 22.6 Å². The molecule has 0 saturated heterocycles. The van der Waals surface area contributed by atoms with Crippen molar-refractivity contribution in [3.05, 3.63) is 95.9 Å². The molecule has 0 spiro atoms. The summed E-state index contributed by atoms with van der Waals surface area (Å²) in [5.41, 5.74) is 5.25. The van der Waals surface area contributed by atoms with Crippen LogP contribution in [-0.4, -0.2) is 27.4 Å². The molecule has 0 saturated carbocycles. The molecular weight excluding hydrogens is 348 g/mol. The highest BCUT2D eigenvalue weighted by molar-refractivity contribution is 5.91. The molecule has 4 aromatic rings. The maximum atomic E-state index is 13.2. The number of H-pyrrole nitrogens is 1. The zero-order chi connectivity index (χ0) is 18.9. The summed E-state index contributed by atoms with van der Waals surface area (Å²) in [5, 5.41) is 4.26. The van der Waals surface area contributed by atoms with Gasteiger partial charge in [-0.15, -0.1) is 0 Å². The molecule has 1 unspecified atom stereocenters. The molecular formula is C23H20N4O. The number of hydrogen-bond donors (Lipinski definition) is 2. The number of aromatic amines is 1. The van der Waals surface area contributed by atoms with Gasteiger partial charge in [-0.1, -0.05) is 42.5 Å². The van der Waals surface area contributed by atoms with E-state index in [-0.39, 0.29) is 12.1 Å². The van der Waals surface area contributed by atoms with Crippen molar-refractivity contribution in [3.8, 4) is 0 Å². The summed E-state index contributed by atoms with van der Waals surface area (Å²) < 4.78 is 0. The number of aromatic nitrogens is 2. The molecule has 1 atom stereocenters. The van der Waals surface area contributed by atoms with Crippen LogP contribution in [0.15, 0.2) is 79.1 Å². The van der Waals surface area contributed by atoms with Crippen molar-refractivity contribution in [2.24, 2.45) is 0 Å². The fraction of sp³-hybridized carbons (Fsp3) is 0.130. The molecule has 2 aromatic carbocycles. The van der Waals surface area contributed by atoms with Gasteiger partial charge >= 0.3 is 6.03 Å². The van der Waals surface area contributed by atoms with Crippen LogP contribution in [0, 0.1) is 0 Å². The lowest BCUT2D eigenvalue weighted by atomic mass is 9.93. The van der Waals surface area contributed by atoms with Crippen molar-refractivity contribution in [1.29, 1.82) is 0 Å². The van der Waals surface area contributed by atoms with E-state index in [0.29, 0.717) is 6.54 Å². The summed E-state index contributed by atoms with van der Waals surface area (Å²) in [6, 6.07) is 21.5. The molecule has 5 nitrogen and oxygen atoms in total. The van der Waals surface area contributed by atoms with Crippen LogP contribution >= 0.6 is 0 Å². The number of hydrogen-bond acceptors (Lipinski definition) is 2. The number of amides is 2. The molecule has 0 fully saturated rings. The summed E-state index contributed by atoms with van der Waals surface area (Å²) in [7, 11) is 0. The van der Waals surface area contributed by atoms with Crippen LogP contribution in [0.25, 0.3) is 10.9 Å². The minimum atomic E-state index is -0.200. The van der Waals surface area contributed by atoms with E-state index in [0.717, 1.165) is 28.9 Å². The van der Waals surface area contributed by atoms with E-state index in [4.69, 9.17) is 0 Å². The maximum Gasteiger partial charge on any atom is 0.322 e. The Balaban J connectivity index is 1.58. The molecule has 3 heterocycles. The predicted molar refractivity (Wildman–Crippen MR) is 110 cm³/mol. The van der Waals surface area contributed by atoms with Crippen LogP contribution in [-0.2, 0) is 6.42 Å². The lowest BCUT2D eigenvalue weighted by molar-refractivity contribution is 0.193. The standard InChI is InChI=1S/C23H20N4O/c28-23(25-17-8-2-1-3-9-17)27-14-12-19-18-10-4-5-11-20(18)26-21(19)22(27)16-7-6-13-24-15-16/h1-11,13,15,22,26H,12,14H2,(H,25,28). The van der Waals surface area contributed by atoms with Crippen molar-refractivity contribution < 1.29 is 4.79 Å². The van der Waals surface area contributed by atoms with E-state index in [2.05, 4.69) is 33.5 Å². The second kappa shape index (κ2) is 6.85. The van der Waals surface area contributed by atoms with E-state index >= 15 is 0 Å². The Kier molecular flexibility index (Phi) is 4.05. The number of benzene rings is 2. The van der Waals surface area contributed by atoms with Crippen LogP contribution in [0.1, 0.15) is 22.9 Å². The first-order valence-corrected chi connectivity index (χ1v) is 9.43. The zero-order valence-electron chi connectivity index (χ0n) is 15.3. The molecule has 5 rings (SSSR count). The minimum absolute atomic E-state index is 0.107. The van der Waals surface area contributed by atoms with Gasteiger partial charge in [0.05, 0.1) is 0 Å². The molecule has 138 valence electrons. The number of carbonyl (C=O) groups is 1. The minimum Gasteiger partial charge on any atom is -0.356 e. The van der Waals surface area contributed by atoms with Crippen molar-refractivity contribution in [2.75, 3.05) is 11.9 Å². The van der Waals surface area contributed by atoms with Gasteiger partial charge < -0.3 is 15.2 Å². The Bertz CT molecular complexity index is 1120. The number of fused-ring (bicyclic) bond motifs is 3. The Morgan fingerprint density at radius 1 is 1.04 bits per heavy atom. The second-order valence-corrected chi connectivity index (χ2v) is 6.99. The summed E-state index contributed by atoms with van der Waals surface area (Å²) in [5.74, 6) is 0. The van der Waals surface area contributed by atoms with Gasteiger partial charge in [0.2, 0.25) is 0 Å². The van der Waals surface area contributed by atoms with E-state index in [1.807, 2.05) is 59.6 Å². The SMILES string of the molecule is O=C(Nc1ccccc1)N1CCc2c([nH]c3ccccc23)C1c1cccnc1. The van der Waals surface area contributed by atoms with Gasteiger partial charge in [-0.25, -0.2) is 4.79 Å². The Morgan fingerprint density at radius 3 is 2.68 bits per heavy atom. The van der Waals surface area contributed by atoms with Gasteiger partial charge in [0.15, 0.2) is 0 Å². The summed E-state index contributed by atoms with van der Waals surface area (Å²) in [6.45, 7) is 0.646. The average molecular weight is 368 g/mol. The normalized spacial score (nSPS) is 16.0. The summed E-state index contributed by atoms with van der Waals surface area (Å²) in [6.07, 6.45) is 4.42. The van der Waals surface area contributed by atoms with E-state index in [9.17, 15) is 4.79 Å². The fourth-order valence-corrected chi connectivity index (χ4v) is 4.06. The quantitative estimate of drug-likeness (QED) is 0.537. The first kappa shape index (κ1) is 16.6. The average Bonchev–Trinajstić information content (AvgIpc) is 3.13. The molecule has 1 aliphatic rings. The van der Waals surface area contributed by atoms with E-state index in [1.165, 1.54) is 10.9 Å². The second-order valence-electron chi connectivity index (χ2n) is 6.99. The molecule has 1 aliphatic heterocycles. The van der Waals surface area contributed by atoms with E-state index in [1.54, 1.807) is 6.20 Å². The van der Waals surface area contributed by atoms with Gasteiger partial charge in [0, 0.05) is 41.2 Å². The van der Waals surface area contributed by atoms with E-state index < -0.39 is 0 Å². The molecule has 5 heteroatoms. The predicted octanol–water partition coefficient (Wildman–Crippen LogP) is 4.74.